The highest BCUT2D eigenvalue weighted by Gasteiger charge is 2.13. The Hall–Kier alpha value is -2.12. The summed E-state index contributed by atoms with van der Waals surface area (Å²) in [5, 5.41) is 13.3. The molecule has 0 amide bonds. The van der Waals surface area contributed by atoms with E-state index in [9.17, 15) is 5.11 Å². The maximum absolute atomic E-state index is 9.98. The number of methoxy groups -OCH3 is 2. The van der Waals surface area contributed by atoms with Crippen molar-refractivity contribution in [2.45, 2.75) is 13.1 Å². The summed E-state index contributed by atoms with van der Waals surface area (Å²) >= 11 is 7.53. The molecule has 0 atom stereocenters. The molecule has 0 aliphatic rings. The Kier molecular flexibility index (Phi) is 6.78. The number of phenolic OH excluding ortho intramolecular Hbond substituents is 1. The van der Waals surface area contributed by atoms with E-state index in [2.05, 4.69) is 10.3 Å². The molecule has 0 spiro atoms. The zero-order chi connectivity index (χ0) is 18.4. The number of guanidine groups is 1. The van der Waals surface area contributed by atoms with E-state index < -0.39 is 0 Å². The van der Waals surface area contributed by atoms with E-state index in [1.165, 1.54) is 14.2 Å². The first-order valence-corrected chi connectivity index (χ1v) is 8.77. The van der Waals surface area contributed by atoms with Gasteiger partial charge in [-0.15, -0.1) is 11.3 Å². The van der Waals surface area contributed by atoms with Crippen LogP contribution in [0.1, 0.15) is 10.4 Å². The van der Waals surface area contributed by atoms with Gasteiger partial charge in [-0.2, -0.15) is 0 Å². The molecule has 0 radical (unpaired) electrons. The third-order valence-electron chi connectivity index (χ3n) is 3.59. The number of ether oxygens (including phenoxy) is 2. The van der Waals surface area contributed by atoms with Crippen molar-refractivity contribution in [1.29, 1.82) is 0 Å². The van der Waals surface area contributed by atoms with Gasteiger partial charge in [0.25, 0.3) is 0 Å². The van der Waals surface area contributed by atoms with Crippen molar-refractivity contribution >= 4 is 28.9 Å². The normalized spacial score (nSPS) is 11.3. The monoisotopic (exact) mass is 383 g/mol. The molecular formula is C17H22ClN3O3S. The highest BCUT2D eigenvalue weighted by molar-refractivity contribution is 7.16. The van der Waals surface area contributed by atoms with Gasteiger partial charge in [0.2, 0.25) is 5.75 Å². The number of thiophene rings is 1. The molecular weight excluding hydrogens is 362 g/mol. The van der Waals surface area contributed by atoms with Crippen molar-refractivity contribution in [3.63, 3.8) is 0 Å². The van der Waals surface area contributed by atoms with Crippen LogP contribution in [-0.4, -0.2) is 44.3 Å². The predicted octanol–water partition coefficient (Wildman–Crippen LogP) is 3.33. The predicted molar refractivity (Wildman–Crippen MR) is 102 cm³/mol. The van der Waals surface area contributed by atoms with Gasteiger partial charge in [-0.3, -0.25) is 4.99 Å². The van der Waals surface area contributed by atoms with Gasteiger partial charge >= 0.3 is 0 Å². The Morgan fingerprint density at radius 1 is 1.28 bits per heavy atom. The SMILES string of the molecule is CN=C(NCc1cc(OC)c(O)c(OC)c1)N(C)Cc1ccc(Cl)s1. The first-order valence-electron chi connectivity index (χ1n) is 7.58. The van der Waals surface area contributed by atoms with Crippen molar-refractivity contribution < 1.29 is 14.6 Å². The smallest absolute Gasteiger partial charge is 0.200 e. The number of nitrogens with one attached hydrogen (secondary N) is 1. The van der Waals surface area contributed by atoms with Crippen molar-refractivity contribution in [1.82, 2.24) is 10.2 Å². The number of rotatable bonds is 6. The molecule has 1 aromatic heterocycles. The second-order valence-corrected chi connectivity index (χ2v) is 7.11. The molecule has 0 unspecified atom stereocenters. The quantitative estimate of drug-likeness (QED) is 0.591. The van der Waals surface area contributed by atoms with Crippen LogP contribution in [0.4, 0.5) is 0 Å². The van der Waals surface area contributed by atoms with Crippen LogP contribution in [0.15, 0.2) is 29.3 Å². The third kappa shape index (κ3) is 4.93. The molecule has 0 saturated carbocycles. The molecule has 6 nitrogen and oxygen atoms in total. The van der Waals surface area contributed by atoms with Gasteiger partial charge in [-0.1, -0.05) is 11.6 Å². The van der Waals surface area contributed by atoms with Crippen LogP contribution in [0.5, 0.6) is 17.2 Å². The average molecular weight is 384 g/mol. The molecule has 2 aromatic rings. The molecule has 25 heavy (non-hydrogen) atoms. The van der Waals surface area contributed by atoms with Crippen LogP contribution in [-0.2, 0) is 13.1 Å². The molecule has 0 fully saturated rings. The Labute approximate surface area is 156 Å². The first kappa shape index (κ1) is 19.2. The van der Waals surface area contributed by atoms with Gasteiger partial charge in [0, 0.05) is 25.5 Å². The minimum absolute atomic E-state index is 0.00942. The molecule has 1 aromatic carbocycles. The van der Waals surface area contributed by atoms with E-state index in [0.29, 0.717) is 24.6 Å². The maximum atomic E-state index is 9.98. The fourth-order valence-electron chi connectivity index (χ4n) is 2.36. The average Bonchev–Trinajstić information content (AvgIpc) is 3.01. The second-order valence-electron chi connectivity index (χ2n) is 5.31. The molecule has 0 bridgehead atoms. The molecule has 0 aliphatic carbocycles. The fraction of sp³-hybridized carbons (Fsp3) is 0.353. The van der Waals surface area contributed by atoms with Crippen molar-refractivity contribution in [3.05, 3.63) is 39.0 Å². The van der Waals surface area contributed by atoms with E-state index in [1.54, 1.807) is 30.5 Å². The summed E-state index contributed by atoms with van der Waals surface area (Å²) in [5.74, 6) is 1.47. The second kappa shape index (κ2) is 8.82. The number of hydrogen-bond donors (Lipinski definition) is 2. The van der Waals surface area contributed by atoms with Gasteiger partial charge in [0.15, 0.2) is 17.5 Å². The summed E-state index contributed by atoms with van der Waals surface area (Å²) in [5.41, 5.74) is 0.903. The van der Waals surface area contributed by atoms with E-state index in [0.717, 1.165) is 20.7 Å². The summed E-state index contributed by atoms with van der Waals surface area (Å²) in [4.78, 5) is 7.47. The largest absolute Gasteiger partial charge is 0.502 e. The van der Waals surface area contributed by atoms with Crippen molar-refractivity contribution in [3.8, 4) is 17.2 Å². The van der Waals surface area contributed by atoms with Gasteiger partial charge < -0.3 is 24.8 Å². The van der Waals surface area contributed by atoms with Gasteiger partial charge in [0.05, 0.1) is 25.1 Å². The number of benzene rings is 1. The summed E-state index contributed by atoms with van der Waals surface area (Å²) in [6.07, 6.45) is 0. The molecule has 2 rings (SSSR count). The topological polar surface area (TPSA) is 66.3 Å². The lowest BCUT2D eigenvalue weighted by atomic mass is 10.2. The van der Waals surface area contributed by atoms with Gasteiger partial charge in [-0.25, -0.2) is 0 Å². The van der Waals surface area contributed by atoms with Gasteiger partial charge in [-0.05, 0) is 29.8 Å². The van der Waals surface area contributed by atoms with E-state index in [1.807, 2.05) is 24.1 Å². The Bertz CT molecular complexity index is 723. The van der Waals surface area contributed by atoms with Crippen LogP contribution in [0, 0.1) is 0 Å². The first-order chi connectivity index (χ1) is 12.0. The lowest BCUT2D eigenvalue weighted by Crippen LogP contribution is -2.37. The number of aliphatic imine (C=N–C) groups is 1. The summed E-state index contributed by atoms with van der Waals surface area (Å²) in [6.45, 7) is 1.22. The zero-order valence-electron chi connectivity index (χ0n) is 14.7. The number of aromatic hydroxyl groups is 1. The fourth-order valence-corrected chi connectivity index (χ4v) is 3.50. The standard InChI is InChI=1S/C17H22ClN3O3S/c1-19-17(21(2)10-12-5-6-15(18)25-12)20-9-11-7-13(23-3)16(22)14(8-11)24-4/h5-8,22H,9-10H2,1-4H3,(H,19,20). The minimum Gasteiger partial charge on any atom is -0.502 e. The van der Waals surface area contributed by atoms with E-state index in [-0.39, 0.29) is 5.75 Å². The van der Waals surface area contributed by atoms with E-state index >= 15 is 0 Å². The molecule has 0 aliphatic heterocycles. The zero-order valence-corrected chi connectivity index (χ0v) is 16.2. The van der Waals surface area contributed by atoms with Gasteiger partial charge in [0.1, 0.15) is 0 Å². The molecule has 0 saturated heterocycles. The summed E-state index contributed by atoms with van der Waals surface area (Å²) < 4.78 is 11.1. The van der Waals surface area contributed by atoms with Crippen molar-refractivity contribution in [2.75, 3.05) is 28.3 Å². The maximum Gasteiger partial charge on any atom is 0.200 e. The highest BCUT2D eigenvalue weighted by Crippen LogP contribution is 2.37. The lowest BCUT2D eigenvalue weighted by Gasteiger charge is -2.22. The number of halogens is 1. The number of hydrogen-bond acceptors (Lipinski definition) is 5. The number of phenols is 1. The summed E-state index contributed by atoms with van der Waals surface area (Å²) in [6, 6.07) is 7.42. The molecule has 1 heterocycles. The highest BCUT2D eigenvalue weighted by atomic mass is 35.5. The number of nitrogens with zero attached hydrogens (tertiary/aromatic N) is 2. The summed E-state index contributed by atoms with van der Waals surface area (Å²) in [7, 11) is 6.70. The van der Waals surface area contributed by atoms with Crippen LogP contribution >= 0.6 is 22.9 Å². The molecule has 136 valence electrons. The Morgan fingerprint density at radius 3 is 2.40 bits per heavy atom. The van der Waals surface area contributed by atoms with E-state index in [4.69, 9.17) is 21.1 Å². The van der Waals surface area contributed by atoms with Crippen LogP contribution in [0.2, 0.25) is 4.34 Å². The lowest BCUT2D eigenvalue weighted by molar-refractivity contribution is 0.339. The Balaban J connectivity index is 2.05. The van der Waals surface area contributed by atoms with Crippen LogP contribution in [0.3, 0.4) is 0 Å². The van der Waals surface area contributed by atoms with Crippen LogP contribution < -0.4 is 14.8 Å². The molecule has 8 heteroatoms. The minimum atomic E-state index is -0.00942. The molecule has 2 N–H and O–H groups in total. The van der Waals surface area contributed by atoms with Crippen LogP contribution in [0.25, 0.3) is 0 Å². The van der Waals surface area contributed by atoms with Crippen molar-refractivity contribution in [2.24, 2.45) is 4.99 Å². The Morgan fingerprint density at radius 2 is 1.92 bits per heavy atom. The third-order valence-corrected chi connectivity index (χ3v) is 4.80.